The van der Waals surface area contributed by atoms with Gasteiger partial charge in [-0.05, 0) is 0 Å². The maximum Gasteiger partial charge on any atom is 0.288 e. The first-order chi connectivity index (χ1) is 7.36. The van der Waals surface area contributed by atoms with E-state index in [0.29, 0.717) is 6.54 Å². The Hall–Kier alpha value is -1.76. The Balaban J connectivity index is 1.77. The lowest BCUT2D eigenvalue weighted by Crippen LogP contribution is -2.26. The summed E-state index contributed by atoms with van der Waals surface area (Å²) in [7, 11) is 0. The summed E-state index contributed by atoms with van der Waals surface area (Å²) in [5.41, 5.74) is 2.76. The van der Waals surface area contributed by atoms with Crippen LogP contribution in [0.15, 0.2) is 17.2 Å². The molecular formula is C8H9N5OS. The van der Waals surface area contributed by atoms with Crippen molar-refractivity contribution in [3.8, 4) is 0 Å². The number of nitrogens with zero attached hydrogens (tertiary/aromatic N) is 3. The van der Waals surface area contributed by atoms with E-state index in [-0.39, 0.29) is 11.7 Å². The number of hydrogen-bond acceptors (Lipinski definition) is 5. The zero-order chi connectivity index (χ0) is 10.5. The van der Waals surface area contributed by atoms with Gasteiger partial charge in [0.15, 0.2) is 0 Å². The van der Waals surface area contributed by atoms with Crippen LogP contribution in [-0.4, -0.2) is 32.6 Å². The highest BCUT2D eigenvalue weighted by Gasteiger charge is 2.07. The third kappa shape index (κ3) is 2.59. The smallest absolute Gasteiger partial charge is 0.288 e. The zero-order valence-electron chi connectivity index (χ0n) is 7.80. The van der Waals surface area contributed by atoms with Crippen molar-refractivity contribution in [2.45, 2.75) is 6.42 Å². The van der Waals surface area contributed by atoms with Gasteiger partial charge >= 0.3 is 0 Å². The van der Waals surface area contributed by atoms with Gasteiger partial charge in [0, 0.05) is 18.3 Å². The van der Waals surface area contributed by atoms with Crippen LogP contribution >= 0.6 is 11.3 Å². The third-order valence-corrected chi connectivity index (χ3v) is 2.42. The zero-order valence-corrected chi connectivity index (χ0v) is 8.62. The van der Waals surface area contributed by atoms with Gasteiger partial charge in [0.25, 0.3) is 5.91 Å². The van der Waals surface area contributed by atoms with E-state index in [0.717, 1.165) is 12.1 Å². The van der Waals surface area contributed by atoms with Crippen LogP contribution in [0.5, 0.6) is 0 Å². The molecule has 0 aliphatic heterocycles. The summed E-state index contributed by atoms with van der Waals surface area (Å²) in [6.07, 6.45) is 2.03. The van der Waals surface area contributed by atoms with Gasteiger partial charge in [-0.15, -0.1) is 11.3 Å². The Morgan fingerprint density at radius 2 is 2.47 bits per heavy atom. The fourth-order valence-corrected chi connectivity index (χ4v) is 1.66. The second kappa shape index (κ2) is 4.65. The predicted octanol–water partition coefficient (Wildman–Crippen LogP) is 0.234. The number of aromatic nitrogens is 4. The molecule has 2 aromatic heterocycles. The molecule has 0 spiro atoms. The largest absolute Gasteiger partial charge is 0.349 e. The molecule has 0 bridgehead atoms. The normalized spacial score (nSPS) is 10.1. The molecule has 0 atom stereocenters. The molecule has 1 amide bonds. The minimum absolute atomic E-state index is 0.230. The summed E-state index contributed by atoms with van der Waals surface area (Å²) in [5.74, 6) is -0.0176. The van der Waals surface area contributed by atoms with Crippen LogP contribution in [0.3, 0.4) is 0 Å². The van der Waals surface area contributed by atoms with Crippen LogP contribution in [0.4, 0.5) is 0 Å². The van der Waals surface area contributed by atoms with E-state index in [2.05, 4.69) is 25.5 Å². The average molecular weight is 223 g/mol. The molecule has 0 unspecified atom stereocenters. The van der Waals surface area contributed by atoms with E-state index in [1.807, 2.05) is 5.38 Å². The number of nitrogens with one attached hydrogen (secondary N) is 2. The summed E-state index contributed by atoms with van der Waals surface area (Å²) < 4.78 is 0. The lowest BCUT2D eigenvalue weighted by atomic mass is 10.3. The topological polar surface area (TPSA) is 83.6 Å². The van der Waals surface area contributed by atoms with Gasteiger partial charge in [-0.3, -0.25) is 9.89 Å². The number of amides is 1. The van der Waals surface area contributed by atoms with Crippen molar-refractivity contribution in [3.63, 3.8) is 0 Å². The maximum absolute atomic E-state index is 11.4. The molecule has 6 nitrogen and oxygen atoms in total. The molecule has 2 rings (SSSR count). The number of carbonyl (C=O) groups is 1. The van der Waals surface area contributed by atoms with E-state index in [1.54, 1.807) is 16.8 Å². The molecule has 0 radical (unpaired) electrons. The molecule has 15 heavy (non-hydrogen) atoms. The number of hydrogen-bond donors (Lipinski definition) is 2. The lowest BCUT2D eigenvalue weighted by molar-refractivity contribution is 0.0944. The van der Waals surface area contributed by atoms with Crippen molar-refractivity contribution in [2.75, 3.05) is 6.54 Å². The minimum Gasteiger partial charge on any atom is -0.349 e. The van der Waals surface area contributed by atoms with Crippen molar-refractivity contribution in [1.29, 1.82) is 0 Å². The van der Waals surface area contributed by atoms with Crippen molar-refractivity contribution < 1.29 is 4.79 Å². The molecule has 2 heterocycles. The van der Waals surface area contributed by atoms with Crippen molar-refractivity contribution in [3.05, 3.63) is 28.7 Å². The van der Waals surface area contributed by atoms with E-state index in [4.69, 9.17) is 0 Å². The molecular weight excluding hydrogens is 214 g/mol. The van der Waals surface area contributed by atoms with Gasteiger partial charge in [0.2, 0.25) is 5.82 Å². The fourth-order valence-electron chi connectivity index (χ4n) is 1.06. The van der Waals surface area contributed by atoms with Crippen molar-refractivity contribution >= 4 is 17.2 Å². The summed E-state index contributed by atoms with van der Waals surface area (Å²) in [6, 6.07) is 0. The first kappa shape index (κ1) is 9.78. The van der Waals surface area contributed by atoms with E-state index in [9.17, 15) is 4.79 Å². The summed E-state index contributed by atoms with van der Waals surface area (Å²) in [6.45, 7) is 0.545. The quantitative estimate of drug-likeness (QED) is 0.777. The monoisotopic (exact) mass is 223 g/mol. The predicted molar refractivity (Wildman–Crippen MR) is 54.5 cm³/mol. The van der Waals surface area contributed by atoms with E-state index in [1.165, 1.54) is 6.33 Å². The molecule has 7 heteroatoms. The maximum atomic E-state index is 11.4. The number of aromatic amines is 1. The van der Waals surface area contributed by atoms with Gasteiger partial charge in [-0.1, -0.05) is 0 Å². The summed E-state index contributed by atoms with van der Waals surface area (Å²) in [5, 5.41) is 10.8. The standard InChI is InChI=1S/C8H9N5OS/c14-8(7-10-4-12-13-7)9-2-1-6-3-15-5-11-6/h3-5H,1-2H2,(H,9,14)(H,10,12,13). The highest BCUT2D eigenvalue weighted by Crippen LogP contribution is 2.00. The van der Waals surface area contributed by atoms with Crippen LogP contribution in [0.25, 0.3) is 0 Å². The average Bonchev–Trinajstić information content (AvgIpc) is 2.90. The Morgan fingerprint density at radius 3 is 3.13 bits per heavy atom. The molecule has 0 aliphatic rings. The van der Waals surface area contributed by atoms with Gasteiger partial charge in [-0.25, -0.2) is 9.97 Å². The summed E-state index contributed by atoms with van der Waals surface area (Å²) in [4.78, 5) is 19.2. The second-order valence-electron chi connectivity index (χ2n) is 2.82. The molecule has 0 aliphatic carbocycles. The Kier molecular flexibility index (Phi) is 3.03. The van der Waals surface area contributed by atoms with Crippen LogP contribution in [-0.2, 0) is 6.42 Å². The Labute approximate surface area is 89.8 Å². The number of rotatable bonds is 4. The molecule has 0 aromatic carbocycles. The van der Waals surface area contributed by atoms with Crippen molar-refractivity contribution in [2.24, 2.45) is 0 Å². The molecule has 2 aromatic rings. The van der Waals surface area contributed by atoms with Crippen LogP contribution in [0.1, 0.15) is 16.3 Å². The first-order valence-corrected chi connectivity index (χ1v) is 5.31. The van der Waals surface area contributed by atoms with Crippen LogP contribution in [0.2, 0.25) is 0 Å². The summed E-state index contributed by atoms with van der Waals surface area (Å²) >= 11 is 1.54. The first-order valence-electron chi connectivity index (χ1n) is 4.37. The van der Waals surface area contributed by atoms with Gasteiger partial charge in [0.1, 0.15) is 6.33 Å². The fraction of sp³-hybridized carbons (Fsp3) is 0.250. The molecule has 0 saturated carbocycles. The Morgan fingerprint density at radius 1 is 1.53 bits per heavy atom. The molecule has 0 fully saturated rings. The Bertz CT molecular complexity index is 410. The van der Waals surface area contributed by atoms with Crippen LogP contribution < -0.4 is 5.32 Å². The third-order valence-electron chi connectivity index (χ3n) is 1.78. The number of carbonyl (C=O) groups excluding carboxylic acids is 1. The van der Waals surface area contributed by atoms with E-state index >= 15 is 0 Å². The number of thiazole rings is 1. The minimum atomic E-state index is -0.247. The van der Waals surface area contributed by atoms with Crippen molar-refractivity contribution in [1.82, 2.24) is 25.5 Å². The van der Waals surface area contributed by atoms with Crippen LogP contribution in [0, 0.1) is 0 Å². The lowest BCUT2D eigenvalue weighted by Gasteiger charge is -2.00. The van der Waals surface area contributed by atoms with Gasteiger partial charge < -0.3 is 5.32 Å². The van der Waals surface area contributed by atoms with Gasteiger partial charge in [0.05, 0.1) is 11.2 Å². The van der Waals surface area contributed by atoms with E-state index < -0.39 is 0 Å². The highest BCUT2D eigenvalue weighted by atomic mass is 32.1. The molecule has 0 saturated heterocycles. The SMILES string of the molecule is O=C(NCCc1cscn1)c1ncn[nH]1. The molecule has 2 N–H and O–H groups in total. The highest BCUT2D eigenvalue weighted by molar-refractivity contribution is 7.07. The van der Waals surface area contributed by atoms with Gasteiger partial charge in [-0.2, -0.15) is 5.10 Å². The number of H-pyrrole nitrogens is 1. The second-order valence-corrected chi connectivity index (χ2v) is 3.54. The molecule has 78 valence electrons.